The monoisotopic (exact) mass is 150 g/mol. The summed E-state index contributed by atoms with van der Waals surface area (Å²) in [5.74, 6) is 0. The molecular weight excluding hydrogens is 135 g/mol. The highest BCUT2D eigenvalue weighted by atomic mass is 19.1. The molecule has 2 nitrogen and oxygen atoms in total. The molecule has 10 heavy (non-hydrogen) atoms. The molecule has 0 saturated carbocycles. The zero-order valence-corrected chi connectivity index (χ0v) is 6.60. The zero-order valence-electron chi connectivity index (χ0n) is 6.60. The first kappa shape index (κ1) is 9.85. The second-order valence-electron chi connectivity index (χ2n) is 2.20. The van der Waals surface area contributed by atoms with Gasteiger partial charge in [0.05, 0.1) is 6.61 Å². The van der Waals surface area contributed by atoms with Crippen molar-refractivity contribution in [3.05, 3.63) is 0 Å². The van der Waals surface area contributed by atoms with E-state index in [9.17, 15) is 4.39 Å². The number of alkyl halides is 1. The van der Waals surface area contributed by atoms with Gasteiger partial charge in [-0.2, -0.15) is 0 Å². The van der Waals surface area contributed by atoms with Crippen LogP contribution in [0, 0.1) is 0 Å². The van der Waals surface area contributed by atoms with Gasteiger partial charge in [0.25, 0.3) is 0 Å². The van der Waals surface area contributed by atoms with Gasteiger partial charge in [0.1, 0.15) is 6.17 Å². The lowest BCUT2D eigenvalue weighted by Gasteiger charge is -2.03. The second-order valence-corrected chi connectivity index (χ2v) is 2.20. The molecule has 0 radical (unpaired) electrons. The van der Waals surface area contributed by atoms with Crippen LogP contribution in [0.4, 0.5) is 4.39 Å². The van der Waals surface area contributed by atoms with Crippen molar-refractivity contribution in [3.63, 3.8) is 0 Å². The van der Waals surface area contributed by atoms with E-state index in [1.54, 1.807) is 7.11 Å². The molecule has 0 aliphatic rings. The number of methoxy groups -OCH3 is 1. The molecular formula is C7H15FO2. The first-order chi connectivity index (χ1) is 4.77. The highest BCUT2D eigenvalue weighted by Gasteiger charge is 1.95. The predicted molar refractivity (Wildman–Crippen MR) is 37.9 cm³/mol. The largest absolute Gasteiger partial charge is 0.385 e. The summed E-state index contributed by atoms with van der Waals surface area (Å²) >= 11 is 0. The minimum atomic E-state index is -0.859. The van der Waals surface area contributed by atoms with Crippen LogP contribution < -0.4 is 0 Å². The third-order valence-corrected chi connectivity index (χ3v) is 0.985. The highest BCUT2D eigenvalue weighted by Crippen LogP contribution is 1.90. The van der Waals surface area contributed by atoms with Gasteiger partial charge >= 0.3 is 0 Å². The van der Waals surface area contributed by atoms with Crippen molar-refractivity contribution in [2.45, 2.75) is 19.5 Å². The maximum Gasteiger partial charge on any atom is 0.121 e. The number of rotatable bonds is 6. The van der Waals surface area contributed by atoms with Crippen LogP contribution in [-0.2, 0) is 9.47 Å². The lowest BCUT2D eigenvalue weighted by atomic mass is 10.4. The Morgan fingerprint density at radius 1 is 1.40 bits per heavy atom. The van der Waals surface area contributed by atoms with Gasteiger partial charge in [-0.1, -0.05) is 0 Å². The molecule has 0 rings (SSSR count). The second kappa shape index (κ2) is 6.96. The Morgan fingerprint density at radius 2 is 2.10 bits per heavy atom. The van der Waals surface area contributed by atoms with Gasteiger partial charge in [0.15, 0.2) is 0 Å². The first-order valence-electron chi connectivity index (χ1n) is 3.48. The first-order valence-corrected chi connectivity index (χ1v) is 3.48. The molecule has 1 atom stereocenters. The Morgan fingerprint density at radius 3 is 2.60 bits per heavy atom. The van der Waals surface area contributed by atoms with E-state index in [4.69, 9.17) is 9.47 Å². The summed E-state index contributed by atoms with van der Waals surface area (Å²) in [7, 11) is 1.64. The van der Waals surface area contributed by atoms with Gasteiger partial charge in [-0.25, -0.2) is 4.39 Å². The molecule has 0 saturated heterocycles. The average Bonchev–Trinajstić information content (AvgIpc) is 1.87. The summed E-state index contributed by atoms with van der Waals surface area (Å²) in [5, 5.41) is 0. The fourth-order valence-electron chi connectivity index (χ4n) is 0.551. The molecule has 0 spiro atoms. The Kier molecular flexibility index (Phi) is 6.86. The zero-order chi connectivity index (χ0) is 7.82. The number of hydrogen-bond donors (Lipinski definition) is 0. The van der Waals surface area contributed by atoms with Crippen LogP contribution in [0.5, 0.6) is 0 Å². The van der Waals surface area contributed by atoms with E-state index in [1.807, 2.05) is 0 Å². The molecule has 0 aliphatic carbocycles. The molecule has 0 amide bonds. The van der Waals surface area contributed by atoms with E-state index in [-0.39, 0.29) is 6.61 Å². The van der Waals surface area contributed by atoms with Crippen LogP contribution in [-0.4, -0.2) is 33.1 Å². The molecule has 0 aromatic carbocycles. The Labute approximate surface area is 61.3 Å². The highest BCUT2D eigenvalue weighted by molar-refractivity contribution is 4.42. The maximum absolute atomic E-state index is 12.1. The number of halogens is 1. The van der Waals surface area contributed by atoms with Crippen LogP contribution in [0.25, 0.3) is 0 Å². The fraction of sp³-hybridized carbons (Fsp3) is 1.00. The van der Waals surface area contributed by atoms with E-state index in [0.717, 1.165) is 6.42 Å². The standard InChI is InChI=1S/C7H15FO2/c1-7(8)6-10-5-3-4-9-2/h7H,3-6H2,1-2H3. The normalized spacial score (nSPS) is 13.5. The van der Waals surface area contributed by atoms with Gasteiger partial charge in [-0.3, -0.25) is 0 Å². The van der Waals surface area contributed by atoms with Gasteiger partial charge in [0, 0.05) is 20.3 Å². The maximum atomic E-state index is 12.1. The molecule has 0 fully saturated rings. The lowest BCUT2D eigenvalue weighted by molar-refractivity contribution is 0.0703. The third-order valence-electron chi connectivity index (χ3n) is 0.985. The summed E-state index contributed by atoms with van der Waals surface area (Å²) < 4.78 is 21.8. The van der Waals surface area contributed by atoms with Gasteiger partial charge in [-0.05, 0) is 13.3 Å². The summed E-state index contributed by atoms with van der Waals surface area (Å²) in [5.41, 5.74) is 0. The van der Waals surface area contributed by atoms with Crippen molar-refractivity contribution in [1.82, 2.24) is 0 Å². The van der Waals surface area contributed by atoms with Gasteiger partial charge in [0.2, 0.25) is 0 Å². The summed E-state index contributed by atoms with van der Waals surface area (Å²) in [6.45, 7) is 2.95. The van der Waals surface area contributed by atoms with E-state index in [2.05, 4.69) is 0 Å². The fourth-order valence-corrected chi connectivity index (χ4v) is 0.551. The third kappa shape index (κ3) is 7.85. The van der Waals surface area contributed by atoms with Crippen molar-refractivity contribution in [2.75, 3.05) is 26.9 Å². The number of hydrogen-bond acceptors (Lipinski definition) is 2. The smallest absolute Gasteiger partial charge is 0.121 e. The van der Waals surface area contributed by atoms with Crippen LogP contribution >= 0.6 is 0 Å². The number of ether oxygens (including phenoxy) is 2. The average molecular weight is 150 g/mol. The van der Waals surface area contributed by atoms with Crippen LogP contribution in [0.2, 0.25) is 0 Å². The summed E-state index contributed by atoms with van der Waals surface area (Å²) in [6.07, 6.45) is -0.0222. The predicted octanol–water partition coefficient (Wildman–Crippen LogP) is 1.40. The molecule has 0 aliphatic heterocycles. The van der Waals surface area contributed by atoms with Crippen molar-refractivity contribution in [2.24, 2.45) is 0 Å². The molecule has 0 N–H and O–H groups in total. The SMILES string of the molecule is COCCCOCC(C)F. The minimum absolute atomic E-state index is 0.198. The van der Waals surface area contributed by atoms with E-state index in [1.165, 1.54) is 6.92 Å². The molecule has 0 aromatic heterocycles. The Balaban J connectivity index is 2.77. The van der Waals surface area contributed by atoms with E-state index < -0.39 is 6.17 Å². The summed E-state index contributed by atoms with van der Waals surface area (Å²) in [6, 6.07) is 0. The molecule has 62 valence electrons. The molecule has 0 aromatic rings. The van der Waals surface area contributed by atoms with Crippen molar-refractivity contribution in [1.29, 1.82) is 0 Å². The molecule has 3 heteroatoms. The Bertz CT molecular complexity index is 66.6. The minimum Gasteiger partial charge on any atom is -0.385 e. The molecule has 0 heterocycles. The Hall–Kier alpha value is -0.150. The van der Waals surface area contributed by atoms with Crippen molar-refractivity contribution in [3.8, 4) is 0 Å². The van der Waals surface area contributed by atoms with Crippen molar-refractivity contribution < 1.29 is 13.9 Å². The van der Waals surface area contributed by atoms with Crippen molar-refractivity contribution >= 4 is 0 Å². The van der Waals surface area contributed by atoms with Gasteiger partial charge < -0.3 is 9.47 Å². The van der Waals surface area contributed by atoms with Gasteiger partial charge in [-0.15, -0.1) is 0 Å². The van der Waals surface area contributed by atoms with Crippen LogP contribution in [0.15, 0.2) is 0 Å². The lowest BCUT2D eigenvalue weighted by Crippen LogP contribution is -2.07. The van der Waals surface area contributed by atoms with Crippen LogP contribution in [0.3, 0.4) is 0 Å². The molecule has 1 unspecified atom stereocenters. The summed E-state index contributed by atoms with van der Waals surface area (Å²) in [4.78, 5) is 0. The quantitative estimate of drug-likeness (QED) is 0.533. The van der Waals surface area contributed by atoms with E-state index in [0.29, 0.717) is 13.2 Å². The van der Waals surface area contributed by atoms with E-state index >= 15 is 0 Å². The molecule has 0 bridgehead atoms. The van der Waals surface area contributed by atoms with Crippen LogP contribution in [0.1, 0.15) is 13.3 Å². The topological polar surface area (TPSA) is 18.5 Å².